The second kappa shape index (κ2) is 21.6. The van der Waals surface area contributed by atoms with Gasteiger partial charge >= 0.3 is 12.1 Å². The SMILES string of the molecule is CO/N=C(/C(=O)OC)c1ccccc1CO/N=C(\C)c1cccc(C(F)(F)F)c1.CO/N=C(/C1=NOCCO1)c1ccccc1Oc1ncnc(Oc2ccccc2Cl)c1F. The van der Waals surface area contributed by atoms with Gasteiger partial charge in [0.15, 0.2) is 18.0 Å². The maximum atomic E-state index is 15.1. The standard InChI is InChI=1S/C21H16ClFN4O5.C20H19F3N2O4/c1-28-26-18(21-27-30-11-10-29-21)13-6-2-4-8-15(13)31-19-17(23)20(25-12-24-19)32-16-9-5-3-7-14(16)22;1-13(14-8-6-9-16(11-14)20(21,22)23)24-29-12-15-7-4-5-10-17(15)18(25-28-3)19(26)27-2/h2-9,12H,10-11H2,1H3;4-11H,12H2,1-3H3/b26-18+;24-13+,25-18+. The molecule has 0 fully saturated rings. The zero-order valence-electron chi connectivity index (χ0n) is 32.7. The van der Waals surface area contributed by atoms with Crippen LogP contribution in [0.25, 0.3) is 0 Å². The van der Waals surface area contributed by atoms with E-state index in [4.69, 9.17) is 49.9 Å². The summed E-state index contributed by atoms with van der Waals surface area (Å²) in [6, 6.07) is 24.9. The molecule has 0 radical (unpaired) electrons. The van der Waals surface area contributed by atoms with E-state index in [1.54, 1.807) is 72.8 Å². The Balaban J connectivity index is 0.000000232. The van der Waals surface area contributed by atoms with Crippen molar-refractivity contribution >= 4 is 40.6 Å². The van der Waals surface area contributed by atoms with Crippen LogP contribution in [-0.2, 0) is 46.4 Å². The third-order valence-electron chi connectivity index (χ3n) is 7.93. The van der Waals surface area contributed by atoms with Crippen LogP contribution in [0.4, 0.5) is 17.6 Å². The Morgan fingerprint density at radius 2 is 1.46 bits per heavy atom. The first-order valence-corrected chi connectivity index (χ1v) is 18.1. The Labute approximate surface area is 350 Å². The van der Waals surface area contributed by atoms with Gasteiger partial charge in [-0.15, -0.1) is 0 Å². The lowest BCUT2D eigenvalue weighted by Gasteiger charge is -2.17. The van der Waals surface area contributed by atoms with Crippen molar-refractivity contribution in [3.05, 3.63) is 142 Å². The fourth-order valence-corrected chi connectivity index (χ4v) is 5.29. The molecule has 318 valence electrons. The molecule has 0 atom stereocenters. The van der Waals surface area contributed by atoms with Crippen LogP contribution in [-0.4, -0.2) is 73.5 Å². The molecule has 0 bridgehead atoms. The van der Waals surface area contributed by atoms with Gasteiger partial charge in [0.1, 0.15) is 45.3 Å². The van der Waals surface area contributed by atoms with Crippen molar-refractivity contribution in [1.29, 1.82) is 0 Å². The lowest BCUT2D eigenvalue weighted by Crippen LogP contribution is -2.25. The van der Waals surface area contributed by atoms with E-state index < -0.39 is 23.5 Å². The number of aromatic nitrogens is 2. The largest absolute Gasteiger partial charge is 0.470 e. The quantitative estimate of drug-likeness (QED) is 0.0453. The smallest absolute Gasteiger partial charge is 0.416 e. The van der Waals surface area contributed by atoms with Crippen molar-refractivity contribution < 1.29 is 60.7 Å². The van der Waals surface area contributed by atoms with E-state index in [-0.39, 0.29) is 65.1 Å². The fourth-order valence-electron chi connectivity index (χ4n) is 5.11. The van der Waals surface area contributed by atoms with Crippen LogP contribution in [0, 0.1) is 5.82 Å². The van der Waals surface area contributed by atoms with Gasteiger partial charge in [-0.25, -0.2) is 4.79 Å². The monoisotopic (exact) mass is 866 g/mol. The molecule has 61 heavy (non-hydrogen) atoms. The lowest BCUT2D eigenvalue weighted by atomic mass is 10.0. The van der Waals surface area contributed by atoms with Gasteiger partial charge in [-0.3, -0.25) is 0 Å². The summed E-state index contributed by atoms with van der Waals surface area (Å²) >= 11 is 6.07. The number of carbonyl (C=O) groups excluding carboxylic acids is 1. The highest BCUT2D eigenvalue weighted by Gasteiger charge is 2.30. The zero-order chi connectivity index (χ0) is 43.8. The molecule has 2 heterocycles. The normalized spacial score (nSPS) is 13.0. The first-order valence-electron chi connectivity index (χ1n) is 17.7. The highest BCUT2D eigenvalue weighted by atomic mass is 35.5. The second-order valence-electron chi connectivity index (χ2n) is 11.9. The van der Waals surface area contributed by atoms with Crippen LogP contribution >= 0.6 is 11.6 Å². The summed E-state index contributed by atoms with van der Waals surface area (Å²) in [5.74, 6) is -1.78. The van der Waals surface area contributed by atoms with Crippen LogP contribution in [0.2, 0.25) is 5.02 Å². The molecule has 20 heteroatoms. The number of benzene rings is 4. The van der Waals surface area contributed by atoms with E-state index in [9.17, 15) is 18.0 Å². The zero-order valence-corrected chi connectivity index (χ0v) is 33.4. The topological polar surface area (TPSA) is 166 Å². The number of para-hydroxylation sites is 2. The molecule has 1 aliphatic rings. The molecule has 0 spiro atoms. The number of hydrogen-bond donors (Lipinski definition) is 0. The number of carbonyl (C=O) groups is 1. The van der Waals surface area contributed by atoms with E-state index in [0.717, 1.165) is 18.5 Å². The molecule has 4 aromatic carbocycles. The van der Waals surface area contributed by atoms with Crippen LogP contribution < -0.4 is 9.47 Å². The summed E-state index contributed by atoms with van der Waals surface area (Å²) in [6.45, 7) is 2.08. The molecule has 5 aromatic rings. The number of ether oxygens (including phenoxy) is 4. The third-order valence-corrected chi connectivity index (χ3v) is 8.24. The Kier molecular flexibility index (Phi) is 15.9. The molecule has 1 aromatic heterocycles. The summed E-state index contributed by atoms with van der Waals surface area (Å²) in [5, 5.41) is 15.7. The minimum Gasteiger partial charge on any atom is -0.470 e. The molecule has 1 aliphatic heterocycles. The summed E-state index contributed by atoms with van der Waals surface area (Å²) < 4.78 is 75.1. The van der Waals surface area contributed by atoms with Crippen LogP contribution in [0.15, 0.2) is 124 Å². The van der Waals surface area contributed by atoms with Crippen LogP contribution in [0.5, 0.6) is 23.3 Å². The number of halogens is 5. The summed E-state index contributed by atoms with van der Waals surface area (Å²) in [7, 11) is 3.89. The van der Waals surface area contributed by atoms with Gasteiger partial charge in [0.25, 0.3) is 17.7 Å². The predicted molar refractivity (Wildman–Crippen MR) is 213 cm³/mol. The number of alkyl halides is 3. The molecule has 0 aliphatic carbocycles. The van der Waals surface area contributed by atoms with Gasteiger partial charge in [0.2, 0.25) is 5.82 Å². The van der Waals surface area contributed by atoms with Gasteiger partial charge in [0, 0.05) is 11.1 Å². The average molecular weight is 867 g/mol. The van der Waals surface area contributed by atoms with Crippen molar-refractivity contribution in [2.75, 3.05) is 34.5 Å². The second-order valence-corrected chi connectivity index (χ2v) is 12.3. The molecular weight excluding hydrogens is 832 g/mol. The molecule has 0 N–H and O–H groups in total. The summed E-state index contributed by atoms with van der Waals surface area (Å²) in [5.41, 5.74) is 1.33. The van der Waals surface area contributed by atoms with Gasteiger partial charge in [-0.05, 0) is 54.0 Å². The first-order chi connectivity index (χ1) is 29.4. The van der Waals surface area contributed by atoms with Gasteiger partial charge < -0.3 is 38.3 Å². The highest BCUT2D eigenvalue weighted by Crippen LogP contribution is 2.34. The number of rotatable bonds is 14. The summed E-state index contributed by atoms with van der Waals surface area (Å²) in [6.07, 6.45) is -3.33. The van der Waals surface area contributed by atoms with Gasteiger partial charge in [0.05, 0.1) is 29.0 Å². The fraction of sp³-hybridized carbons (Fsp3) is 0.195. The third kappa shape index (κ3) is 12.1. The molecule has 0 unspecified atom stereocenters. The van der Waals surface area contributed by atoms with E-state index >= 15 is 4.39 Å². The lowest BCUT2D eigenvalue weighted by molar-refractivity contribution is -0.137. The Hall–Kier alpha value is -7.28. The van der Waals surface area contributed by atoms with E-state index in [2.05, 4.69) is 30.6 Å². The van der Waals surface area contributed by atoms with Crippen molar-refractivity contribution in [3.8, 4) is 23.3 Å². The van der Waals surface area contributed by atoms with Crippen molar-refractivity contribution in [3.63, 3.8) is 0 Å². The number of oxime groups is 4. The number of hydrogen-bond acceptors (Lipinski definition) is 15. The molecule has 6 rings (SSSR count). The summed E-state index contributed by atoms with van der Waals surface area (Å²) in [4.78, 5) is 39.6. The Morgan fingerprint density at radius 3 is 2.11 bits per heavy atom. The maximum Gasteiger partial charge on any atom is 0.416 e. The number of methoxy groups -OCH3 is 1. The average Bonchev–Trinajstić information content (AvgIpc) is 3.27. The molecular formula is C41H35ClF4N6O9. The van der Waals surface area contributed by atoms with Gasteiger partial charge in [-0.1, -0.05) is 87.7 Å². The van der Waals surface area contributed by atoms with Crippen molar-refractivity contribution in [2.24, 2.45) is 20.6 Å². The Bertz CT molecular complexity index is 2430. The molecule has 0 saturated carbocycles. The van der Waals surface area contributed by atoms with E-state index in [0.29, 0.717) is 28.3 Å². The number of nitrogens with zero attached hydrogens (tertiary/aromatic N) is 6. The van der Waals surface area contributed by atoms with Gasteiger partial charge in [-0.2, -0.15) is 27.5 Å². The van der Waals surface area contributed by atoms with Crippen molar-refractivity contribution in [2.45, 2.75) is 19.7 Å². The number of esters is 1. The molecule has 15 nitrogen and oxygen atoms in total. The maximum absolute atomic E-state index is 15.1. The highest BCUT2D eigenvalue weighted by molar-refractivity contribution is 6.46. The van der Waals surface area contributed by atoms with Crippen molar-refractivity contribution in [1.82, 2.24) is 9.97 Å². The molecule has 0 amide bonds. The Morgan fingerprint density at radius 1 is 0.803 bits per heavy atom. The molecule has 0 saturated heterocycles. The van der Waals surface area contributed by atoms with E-state index in [1.165, 1.54) is 40.4 Å². The van der Waals surface area contributed by atoms with E-state index in [1.807, 2.05) is 0 Å². The minimum atomic E-state index is -4.44. The van der Waals surface area contributed by atoms with Crippen LogP contribution in [0.1, 0.15) is 34.7 Å². The predicted octanol–water partition coefficient (Wildman–Crippen LogP) is 8.73. The minimum absolute atomic E-state index is 0.0484. The van der Waals surface area contributed by atoms with Crippen LogP contribution in [0.3, 0.4) is 0 Å². The first kappa shape index (κ1) is 44.8.